The van der Waals surface area contributed by atoms with Gasteiger partial charge in [0.1, 0.15) is 0 Å². The van der Waals surface area contributed by atoms with Gasteiger partial charge < -0.3 is 19.9 Å². The number of hydrogen-bond acceptors (Lipinski definition) is 4. The molecule has 0 bridgehead atoms. The number of hydrogen-bond donors (Lipinski definition) is 2. The Labute approximate surface area is 107 Å². The highest BCUT2D eigenvalue weighted by Crippen LogP contribution is 2.35. The van der Waals surface area contributed by atoms with E-state index in [1.807, 2.05) is 12.1 Å². The van der Waals surface area contributed by atoms with Crippen molar-refractivity contribution in [3.05, 3.63) is 23.8 Å². The molecular weight excluding hydrogens is 230 g/mol. The van der Waals surface area contributed by atoms with Gasteiger partial charge >= 0.3 is 0 Å². The molecule has 4 nitrogen and oxygen atoms in total. The molecule has 1 heterocycles. The summed E-state index contributed by atoms with van der Waals surface area (Å²) in [5.41, 5.74) is 1.15. The third kappa shape index (κ3) is 2.44. The standard InChI is InChI=1S/C14H19NO3/c16-12-6-4-11(5-7-12)15-8-10-2-1-3-13-14(10)18-9-17-13/h1-3,11-12,15-16H,4-9H2. The molecule has 1 aliphatic carbocycles. The van der Waals surface area contributed by atoms with Crippen LogP contribution in [0.2, 0.25) is 0 Å². The van der Waals surface area contributed by atoms with Crippen LogP contribution in [0.1, 0.15) is 31.2 Å². The maximum absolute atomic E-state index is 9.47. The Morgan fingerprint density at radius 2 is 2.00 bits per heavy atom. The normalized spacial score (nSPS) is 26.3. The summed E-state index contributed by atoms with van der Waals surface area (Å²) >= 11 is 0. The lowest BCUT2D eigenvalue weighted by Crippen LogP contribution is -2.34. The van der Waals surface area contributed by atoms with Crippen molar-refractivity contribution in [3.63, 3.8) is 0 Å². The molecule has 1 fully saturated rings. The van der Waals surface area contributed by atoms with E-state index < -0.39 is 0 Å². The van der Waals surface area contributed by atoms with Crippen LogP contribution < -0.4 is 14.8 Å². The molecule has 0 radical (unpaired) electrons. The van der Waals surface area contributed by atoms with E-state index in [0.717, 1.165) is 49.3 Å². The molecule has 0 spiro atoms. The van der Waals surface area contributed by atoms with E-state index in [-0.39, 0.29) is 6.10 Å². The lowest BCUT2D eigenvalue weighted by molar-refractivity contribution is 0.116. The summed E-state index contributed by atoms with van der Waals surface area (Å²) in [6.45, 7) is 1.12. The van der Waals surface area contributed by atoms with E-state index in [4.69, 9.17) is 9.47 Å². The summed E-state index contributed by atoms with van der Waals surface area (Å²) in [6, 6.07) is 6.50. The average Bonchev–Trinajstić information content (AvgIpc) is 2.87. The Balaban J connectivity index is 1.59. The Bertz CT molecular complexity index is 414. The number of para-hydroxylation sites is 1. The number of fused-ring (bicyclic) bond motifs is 1. The Morgan fingerprint density at radius 3 is 2.83 bits per heavy atom. The van der Waals surface area contributed by atoms with Crippen LogP contribution >= 0.6 is 0 Å². The maximum atomic E-state index is 9.47. The minimum atomic E-state index is -0.0965. The van der Waals surface area contributed by atoms with Crippen LogP contribution in [-0.4, -0.2) is 24.0 Å². The molecule has 0 aromatic heterocycles. The summed E-state index contributed by atoms with van der Waals surface area (Å²) in [4.78, 5) is 0. The number of rotatable bonds is 3. The topological polar surface area (TPSA) is 50.7 Å². The van der Waals surface area contributed by atoms with Crippen molar-refractivity contribution in [2.24, 2.45) is 0 Å². The fraction of sp³-hybridized carbons (Fsp3) is 0.571. The molecule has 1 aromatic carbocycles. The molecule has 0 unspecified atom stereocenters. The summed E-state index contributed by atoms with van der Waals surface area (Å²) in [5.74, 6) is 1.72. The van der Waals surface area contributed by atoms with E-state index in [1.54, 1.807) is 0 Å². The van der Waals surface area contributed by atoms with Gasteiger partial charge in [0.05, 0.1) is 6.10 Å². The third-order valence-electron chi connectivity index (χ3n) is 3.76. The van der Waals surface area contributed by atoms with Crippen molar-refractivity contribution in [1.82, 2.24) is 5.32 Å². The highest BCUT2D eigenvalue weighted by atomic mass is 16.7. The largest absolute Gasteiger partial charge is 0.454 e. The zero-order chi connectivity index (χ0) is 12.4. The summed E-state index contributed by atoms with van der Waals surface area (Å²) in [7, 11) is 0. The minimum Gasteiger partial charge on any atom is -0.454 e. The Kier molecular flexibility index (Phi) is 3.39. The molecule has 2 aliphatic rings. The second-order valence-electron chi connectivity index (χ2n) is 5.04. The van der Waals surface area contributed by atoms with Crippen LogP contribution in [0.4, 0.5) is 0 Å². The van der Waals surface area contributed by atoms with Gasteiger partial charge in [-0.2, -0.15) is 0 Å². The number of benzene rings is 1. The second kappa shape index (κ2) is 5.16. The molecular formula is C14H19NO3. The molecule has 3 rings (SSSR count). The minimum absolute atomic E-state index is 0.0965. The van der Waals surface area contributed by atoms with Crippen molar-refractivity contribution in [2.45, 2.75) is 44.4 Å². The molecule has 1 saturated carbocycles. The fourth-order valence-corrected chi connectivity index (χ4v) is 2.66. The van der Waals surface area contributed by atoms with Gasteiger partial charge in [0.2, 0.25) is 6.79 Å². The molecule has 1 aliphatic heterocycles. The first-order valence-corrected chi connectivity index (χ1v) is 6.62. The highest BCUT2D eigenvalue weighted by molar-refractivity contribution is 5.48. The first-order valence-electron chi connectivity index (χ1n) is 6.62. The smallest absolute Gasteiger partial charge is 0.231 e. The van der Waals surface area contributed by atoms with E-state index in [0.29, 0.717) is 12.8 Å². The molecule has 0 amide bonds. The van der Waals surface area contributed by atoms with Crippen molar-refractivity contribution < 1.29 is 14.6 Å². The predicted octanol–water partition coefficient (Wildman–Crippen LogP) is 1.81. The van der Waals surface area contributed by atoms with Crippen LogP contribution in [-0.2, 0) is 6.54 Å². The van der Waals surface area contributed by atoms with Gasteiger partial charge in [0.25, 0.3) is 0 Å². The van der Waals surface area contributed by atoms with Gasteiger partial charge in [-0.1, -0.05) is 12.1 Å². The molecule has 98 valence electrons. The Hall–Kier alpha value is -1.26. The summed E-state index contributed by atoms with van der Waals surface area (Å²) in [6.07, 6.45) is 3.82. The zero-order valence-corrected chi connectivity index (χ0v) is 10.4. The van der Waals surface area contributed by atoms with Crippen LogP contribution in [0.25, 0.3) is 0 Å². The molecule has 4 heteroatoms. The van der Waals surface area contributed by atoms with Gasteiger partial charge in [-0.25, -0.2) is 0 Å². The van der Waals surface area contributed by atoms with Gasteiger partial charge in [0.15, 0.2) is 11.5 Å². The molecule has 18 heavy (non-hydrogen) atoms. The quantitative estimate of drug-likeness (QED) is 0.857. The molecule has 0 saturated heterocycles. The van der Waals surface area contributed by atoms with Crippen LogP contribution in [0.15, 0.2) is 18.2 Å². The summed E-state index contributed by atoms with van der Waals surface area (Å²) < 4.78 is 10.8. The average molecular weight is 249 g/mol. The first-order chi connectivity index (χ1) is 8.83. The van der Waals surface area contributed by atoms with Crippen LogP contribution in [0.5, 0.6) is 11.5 Å². The molecule has 0 atom stereocenters. The lowest BCUT2D eigenvalue weighted by atomic mass is 9.93. The number of nitrogens with one attached hydrogen (secondary N) is 1. The van der Waals surface area contributed by atoms with Crippen molar-refractivity contribution in [2.75, 3.05) is 6.79 Å². The van der Waals surface area contributed by atoms with Gasteiger partial charge in [-0.05, 0) is 31.7 Å². The van der Waals surface area contributed by atoms with Crippen LogP contribution in [0.3, 0.4) is 0 Å². The number of ether oxygens (including phenoxy) is 2. The second-order valence-corrected chi connectivity index (χ2v) is 5.04. The number of aliphatic hydroxyl groups excluding tert-OH is 1. The van der Waals surface area contributed by atoms with E-state index in [9.17, 15) is 5.11 Å². The number of aliphatic hydroxyl groups is 1. The van der Waals surface area contributed by atoms with Crippen molar-refractivity contribution >= 4 is 0 Å². The van der Waals surface area contributed by atoms with Gasteiger partial charge in [0, 0.05) is 18.2 Å². The first kappa shape index (κ1) is 11.8. The van der Waals surface area contributed by atoms with Gasteiger partial charge in [-0.15, -0.1) is 0 Å². The van der Waals surface area contributed by atoms with E-state index in [2.05, 4.69) is 11.4 Å². The van der Waals surface area contributed by atoms with Crippen molar-refractivity contribution in [1.29, 1.82) is 0 Å². The maximum Gasteiger partial charge on any atom is 0.231 e. The summed E-state index contributed by atoms with van der Waals surface area (Å²) in [5, 5.41) is 13.0. The fourth-order valence-electron chi connectivity index (χ4n) is 2.66. The zero-order valence-electron chi connectivity index (χ0n) is 10.4. The third-order valence-corrected chi connectivity index (χ3v) is 3.76. The Morgan fingerprint density at radius 1 is 1.17 bits per heavy atom. The van der Waals surface area contributed by atoms with E-state index in [1.165, 1.54) is 0 Å². The van der Waals surface area contributed by atoms with E-state index >= 15 is 0 Å². The molecule has 2 N–H and O–H groups in total. The van der Waals surface area contributed by atoms with Gasteiger partial charge in [-0.3, -0.25) is 0 Å². The van der Waals surface area contributed by atoms with Crippen LogP contribution in [0, 0.1) is 0 Å². The monoisotopic (exact) mass is 249 g/mol. The SMILES string of the molecule is OC1CCC(NCc2cccc3c2OCO3)CC1. The lowest BCUT2D eigenvalue weighted by Gasteiger charge is -2.26. The van der Waals surface area contributed by atoms with Crippen molar-refractivity contribution in [3.8, 4) is 11.5 Å². The predicted molar refractivity (Wildman–Crippen MR) is 67.7 cm³/mol. The molecule has 1 aromatic rings. The highest BCUT2D eigenvalue weighted by Gasteiger charge is 2.21.